The van der Waals surface area contributed by atoms with Crippen LogP contribution in [0.3, 0.4) is 0 Å². The molecule has 2 unspecified atom stereocenters. The average molecular weight is 1160 g/mol. The van der Waals surface area contributed by atoms with Crippen LogP contribution in [0.4, 0.5) is 0 Å². The number of esters is 2. The summed E-state index contributed by atoms with van der Waals surface area (Å²) in [6, 6.07) is 0. The van der Waals surface area contributed by atoms with Gasteiger partial charge in [-0.05, 0) is 96.3 Å². The molecule has 0 bridgehead atoms. The number of hydrogen-bond acceptors (Lipinski definition) is 7. The normalized spacial score (nSPS) is 13.4. The van der Waals surface area contributed by atoms with Crippen LogP contribution in [0.25, 0.3) is 0 Å². The Balaban J connectivity index is 4.12. The summed E-state index contributed by atoms with van der Waals surface area (Å²) in [5, 5.41) is 9.74. The molecule has 0 aromatic heterocycles. The second-order valence-corrected chi connectivity index (χ2v) is 23.7. The second-order valence-electron chi connectivity index (χ2n) is 23.7. The van der Waals surface area contributed by atoms with Gasteiger partial charge in [0.15, 0.2) is 6.10 Å². The van der Waals surface area contributed by atoms with Crippen molar-refractivity contribution in [3.63, 3.8) is 0 Å². The highest BCUT2D eigenvalue weighted by Gasteiger charge is 2.25. The monoisotopic (exact) mass is 1160 g/mol. The first kappa shape index (κ1) is 79.0. The smallest absolute Gasteiger partial charge is 0.361 e. The molecule has 1 N–H and O–H groups in total. The molecule has 0 aromatic carbocycles. The Kier molecular flexibility index (Phi) is 60.8. The number of ether oxygens (including phenoxy) is 4. The Morgan fingerprint density at radius 2 is 0.651 bits per heavy atom. The van der Waals surface area contributed by atoms with E-state index < -0.39 is 24.3 Å². The Hall–Kier alpha value is -4.05. The summed E-state index contributed by atoms with van der Waals surface area (Å²) in [6.07, 6.45) is 86.2. The fourth-order valence-corrected chi connectivity index (χ4v) is 9.39. The highest BCUT2D eigenvalue weighted by Crippen LogP contribution is 2.17. The predicted octanol–water partition coefficient (Wildman–Crippen LogP) is 21.0. The number of allylic oxidation sites excluding steroid dienone is 18. The van der Waals surface area contributed by atoms with E-state index in [0.29, 0.717) is 17.4 Å². The molecule has 2 atom stereocenters. The van der Waals surface area contributed by atoms with Crippen molar-refractivity contribution in [2.24, 2.45) is 0 Å². The van der Waals surface area contributed by atoms with Crippen molar-refractivity contribution in [3.05, 3.63) is 109 Å². The lowest BCUT2D eigenvalue weighted by Crippen LogP contribution is -2.40. The zero-order chi connectivity index (χ0) is 60.5. The quantitative estimate of drug-likeness (QED) is 0.0211. The first-order chi connectivity index (χ1) is 40.6. The molecule has 0 saturated carbocycles. The van der Waals surface area contributed by atoms with E-state index in [1.807, 2.05) is 21.1 Å². The maximum absolute atomic E-state index is 12.9. The maximum atomic E-state index is 12.9. The van der Waals surface area contributed by atoms with Crippen molar-refractivity contribution in [1.29, 1.82) is 0 Å². The molecule has 0 saturated heterocycles. The number of carboxylic acids is 1. The second kappa shape index (κ2) is 64.0. The molecule has 0 spiro atoms. The van der Waals surface area contributed by atoms with Gasteiger partial charge in [-0.3, -0.25) is 9.59 Å². The largest absolute Gasteiger partial charge is 0.477 e. The molecule has 0 aliphatic rings. The van der Waals surface area contributed by atoms with E-state index in [2.05, 4.69) is 123 Å². The van der Waals surface area contributed by atoms with Crippen LogP contribution in [0.15, 0.2) is 109 Å². The van der Waals surface area contributed by atoms with Gasteiger partial charge in [0.05, 0.1) is 34.4 Å². The van der Waals surface area contributed by atoms with Crippen LogP contribution in [0, 0.1) is 0 Å². The molecule has 9 nitrogen and oxygen atoms in total. The van der Waals surface area contributed by atoms with E-state index in [1.165, 1.54) is 161 Å². The molecule has 476 valence electrons. The van der Waals surface area contributed by atoms with Crippen molar-refractivity contribution in [2.45, 2.75) is 296 Å². The number of rotatable bonds is 62. The van der Waals surface area contributed by atoms with Crippen molar-refractivity contribution in [1.82, 2.24) is 0 Å². The molecule has 0 fully saturated rings. The number of carbonyl (C=O) groups excluding carboxylic acids is 2. The fraction of sp³-hybridized carbons (Fsp3) is 0.716. The van der Waals surface area contributed by atoms with Crippen molar-refractivity contribution in [2.75, 3.05) is 47.5 Å². The zero-order valence-electron chi connectivity index (χ0n) is 54.3. The van der Waals surface area contributed by atoms with Gasteiger partial charge in [0, 0.05) is 12.8 Å². The molecule has 0 aliphatic carbocycles. The summed E-state index contributed by atoms with van der Waals surface area (Å²) in [5.41, 5.74) is 0. The summed E-state index contributed by atoms with van der Waals surface area (Å²) in [4.78, 5) is 37.6. The number of carboxylic acid groups (broad SMARTS) is 1. The number of unbranched alkanes of at least 4 members (excludes halogenated alkanes) is 29. The van der Waals surface area contributed by atoms with E-state index in [1.54, 1.807) is 0 Å². The molecule has 0 rings (SSSR count). The van der Waals surface area contributed by atoms with Gasteiger partial charge < -0.3 is 28.5 Å². The average Bonchev–Trinajstić information content (AvgIpc) is 3.46. The third-order valence-electron chi connectivity index (χ3n) is 14.5. The van der Waals surface area contributed by atoms with Crippen LogP contribution in [-0.2, 0) is 33.3 Å². The number of nitrogens with zero attached hydrogens (tertiary/aromatic N) is 1. The number of carbonyl (C=O) groups is 3. The molecule has 0 radical (unpaired) electrons. The predicted molar refractivity (Wildman–Crippen MR) is 355 cm³/mol. The van der Waals surface area contributed by atoms with Crippen molar-refractivity contribution < 1.29 is 42.9 Å². The van der Waals surface area contributed by atoms with Crippen LogP contribution in [-0.4, -0.2) is 87.4 Å². The third kappa shape index (κ3) is 65.3. The van der Waals surface area contributed by atoms with Gasteiger partial charge in [-0.1, -0.05) is 284 Å². The lowest BCUT2D eigenvalue weighted by molar-refractivity contribution is -0.870. The minimum absolute atomic E-state index is 0.184. The van der Waals surface area contributed by atoms with Gasteiger partial charge in [-0.2, -0.15) is 0 Å². The van der Waals surface area contributed by atoms with E-state index in [-0.39, 0.29) is 32.2 Å². The van der Waals surface area contributed by atoms with Gasteiger partial charge in [-0.25, -0.2) is 4.79 Å². The third-order valence-corrected chi connectivity index (χ3v) is 14.5. The number of hydrogen-bond donors (Lipinski definition) is 1. The van der Waals surface area contributed by atoms with Gasteiger partial charge >= 0.3 is 17.9 Å². The van der Waals surface area contributed by atoms with Crippen molar-refractivity contribution in [3.8, 4) is 0 Å². The first-order valence-corrected chi connectivity index (χ1v) is 34.1. The van der Waals surface area contributed by atoms with Gasteiger partial charge in [0.2, 0.25) is 0 Å². The molecule has 9 heteroatoms. The van der Waals surface area contributed by atoms with Gasteiger partial charge in [0.1, 0.15) is 13.2 Å². The van der Waals surface area contributed by atoms with E-state index in [0.717, 1.165) is 96.3 Å². The van der Waals surface area contributed by atoms with Crippen LogP contribution >= 0.6 is 0 Å². The molecule has 0 aliphatic heterocycles. The summed E-state index contributed by atoms with van der Waals surface area (Å²) >= 11 is 0. The summed E-state index contributed by atoms with van der Waals surface area (Å²) in [5.74, 6) is -2.00. The lowest BCUT2D eigenvalue weighted by Gasteiger charge is -2.25. The number of aliphatic carboxylic acids is 1. The van der Waals surface area contributed by atoms with Crippen molar-refractivity contribution >= 4 is 17.9 Å². The van der Waals surface area contributed by atoms with Crippen LogP contribution < -0.4 is 0 Å². The van der Waals surface area contributed by atoms with E-state index >= 15 is 0 Å². The minimum Gasteiger partial charge on any atom is -0.477 e. The zero-order valence-corrected chi connectivity index (χ0v) is 54.3. The Morgan fingerprint density at radius 3 is 0.964 bits per heavy atom. The van der Waals surface area contributed by atoms with Gasteiger partial charge in [0.25, 0.3) is 6.29 Å². The standard InChI is InChI=1S/C74H127NO8/c1-6-8-10-12-14-16-18-20-22-24-26-28-30-32-33-34-35-36-37-38-39-41-43-45-47-49-51-53-55-57-59-61-63-65-72(77)83-70(69-82-74(73(78)79)80-67-66-75(3,4)5)68-81-71(76)64-62-60-58-56-54-52-50-48-46-44-42-40-31-29-27-25-23-21-19-17-15-13-11-9-7-2/h8-11,14-17,20-23,26-29,32-33,70,74H,6-7,12-13,18-19,24-25,30-31,34-69H2,1-5H3/p+1/b10-8-,11-9-,16-14-,17-15-,22-20-,23-21-,28-26-,29-27-,33-32-. The summed E-state index contributed by atoms with van der Waals surface area (Å²) in [7, 11) is 5.98. The molecule has 0 aromatic rings. The van der Waals surface area contributed by atoms with Gasteiger partial charge in [-0.15, -0.1) is 0 Å². The Bertz CT molecular complexity index is 1730. The number of likely N-dealkylation sites (N-methyl/N-ethyl adjacent to an activating group) is 1. The molecule has 83 heavy (non-hydrogen) atoms. The van der Waals surface area contributed by atoms with Crippen LogP contribution in [0.1, 0.15) is 284 Å². The highest BCUT2D eigenvalue weighted by atomic mass is 16.7. The highest BCUT2D eigenvalue weighted by molar-refractivity contribution is 5.71. The molecular weight excluding hydrogens is 1030 g/mol. The van der Waals surface area contributed by atoms with Crippen LogP contribution in [0.5, 0.6) is 0 Å². The topological polar surface area (TPSA) is 108 Å². The lowest BCUT2D eigenvalue weighted by atomic mass is 10.0. The maximum Gasteiger partial charge on any atom is 0.361 e. The Morgan fingerprint density at radius 1 is 0.361 bits per heavy atom. The molecule has 0 heterocycles. The summed E-state index contributed by atoms with van der Waals surface area (Å²) in [6.45, 7) is 4.67. The number of quaternary nitrogens is 1. The summed E-state index contributed by atoms with van der Waals surface area (Å²) < 4.78 is 23.0. The van der Waals surface area contributed by atoms with E-state index in [9.17, 15) is 19.5 Å². The SMILES string of the molecule is CC/C=C\C/C=C\C/C=C\C/C=C\C/C=C\CCCCCCCCCCCCCCCCCCCC(=O)OC(COC(=O)CCCCCCCCCCCCCC/C=C\C/C=C\C/C=C\C/C=C\CC)COC(OCC[N+](C)(C)C)C(=O)O. The fourth-order valence-electron chi connectivity index (χ4n) is 9.39. The molecule has 0 amide bonds. The van der Waals surface area contributed by atoms with Crippen LogP contribution in [0.2, 0.25) is 0 Å². The minimum atomic E-state index is -1.52. The van der Waals surface area contributed by atoms with E-state index in [4.69, 9.17) is 18.9 Å². The Labute approximate surface area is 511 Å². The molecular formula is C74H128NO8+. The first-order valence-electron chi connectivity index (χ1n) is 34.1.